The van der Waals surface area contributed by atoms with E-state index in [-0.39, 0.29) is 5.41 Å². The zero-order valence-corrected chi connectivity index (χ0v) is 30.1. The van der Waals surface area contributed by atoms with Gasteiger partial charge in [0.2, 0.25) is 6.17 Å². The lowest BCUT2D eigenvalue weighted by atomic mass is 9.77. The fraction of sp³-hybridized carbons (Fsp3) is 0.927. The summed E-state index contributed by atoms with van der Waals surface area (Å²) in [7, 11) is 0. The lowest BCUT2D eigenvalue weighted by molar-refractivity contribution is 0.263. The van der Waals surface area contributed by atoms with Crippen LogP contribution in [0.25, 0.3) is 0 Å². The van der Waals surface area contributed by atoms with Crippen LogP contribution in [-0.4, -0.2) is 12.4 Å². The van der Waals surface area contributed by atoms with E-state index in [1.54, 1.807) is 0 Å². The van der Waals surface area contributed by atoms with Crippen LogP contribution in [0.1, 0.15) is 239 Å². The van der Waals surface area contributed by atoms with Crippen LogP contribution in [0.4, 0.5) is 0 Å². The monoisotopic (exact) mass is 600 g/mol. The zero-order chi connectivity index (χ0) is 30.9. The molecule has 0 radical (unpaired) electrons. The summed E-state index contributed by atoms with van der Waals surface area (Å²) in [6.45, 7) is 7.05. The van der Waals surface area contributed by atoms with E-state index in [4.69, 9.17) is 0 Å². The van der Waals surface area contributed by atoms with Crippen molar-refractivity contribution in [1.29, 1.82) is 0 Å². The molecule has 1 aliphatic rings. The van der Waals surface area contributed by atoms with E-state index in [9.17, 15) is 0 Å². The highest BCUT2D eigenvalue weighted by atomic mass is 15.0. The van der Waals surface area contributed by atoms with Crippen molar-refractivity contribution >= 4 is 12.4 Å². The maximum atomic E-state index is 4.66. The van der Waals surface area contributed by atoms with E-state index in [1.165, 1.54) is 218 Å². The Morgan fingerprint density at radius 3 is 0.791 bits per heavy atom. The minimum atomic E-state index is 0.176. The molecular weight excluding hydrogens is 520 g/mol. The van der Waals surface area contributed by atoms with Gasteiger partial charge in [0.15, 0.2) is 12.4 Å². The van der Waals surface area contributed by atoms with Crippen LogP contribution in [0.15, 0.2) is 9.98 Å². The number of hydrogen-bond donors (Lipinski definition) is 0. The maximum Gasteiger partial charge on any atom is 0.246 e. The number of hydrogen-bond acceptors (Lipinski definition) is 2. The summed E-state index contributed by atoms with van der Waals surface area (Å²) in [5.41, 5.74) is 0.176. The van der Waals surface area contributed by atoms with Crippen molar-refractivity contribution in [2.75, 3.05) is 0 Å². The zero-order valence-electron chi connectivity index (χ0n) is 30.1. The molecule has 0 spiro atoms. The van der Waals surface area contributed by atoms with Crippen LogP contribution in [0.5, 0.6) is 0 Å². The highest BCUT2D eigenvalue weighted by Crippen LogP contribution is 2.42. The lowest BCUT2D eigenvalue weighted by Gasteiger charge is -2.27. The standard InChI is InChI=1S/C41H79N2/c1-4-6-8-10-12-14-16-18-20-22-24-26-28-30-32-34-36-41(3,40-42-38-39-43-40)37-35-33-31-29-27-25-23-21-19-17-15-13-11-9-7-5-2/h38-39H,4-37H2,1-3H3/q+1. The minimum Gasteiger partial charge on any atom is -0.0962 e. The smallest absolute Gasteiger partial charge is 0.0962 e. The van der Waals surface area contributed by atoms with Gasteiger partial charge in [-0.1, -0.05) is 229 Å². The van der Waals surface area contributed by atoms with E-state index < -0.39 is 0 Å². The van der Waals surface area contributed by atoms with Crippen molar-refractivity contribution in [3.63, 3.8) is 0 Å². The molecule has 0 saturated heterocycles. The lowest BCUT2D eigenvalue weighted by Crippen LogP contribution is -2.23. The summed E-state index contributed by atoms with van der Waals surface area (Å²) in [6, 6.07) is 0. The third-order valence-corrected chi connectivity index (χ3v) is 10.2. The van der Waals surface area contributed by atoms with E-state index >= 15 is 0 Å². The fourth-order valence-corrected chi connectivity index (χ4v) is 7.03. The number of nitrogens with zero attached hydrogens (tertiary/aromatic N) is 2. The van der Waals surface area contributed by atoms with Crippen molar-refractivity contribution in [3.8, 4) is 0 Å². The molecule has 0 N–H and O–H groups in total. The molecule has 1 rings (SSSR count). The van der Waals surface area contributed by atoms with E-state index in [2.05, 4.69) is 30.8 Å². The van der Waals surface area contributed by atoms with Crippen LogP contribution in [0.2, 0.25) is 0 Å². The first-order chi connectivity index (χ1) is 21.2. The Hall–Kier alpha value is -0.790. The Balaban J connectivity index is 1.96. The molecule has 0 aliphatic carbocycles. The summed E-state index contributed by atoms with van der Waals surface area (Å²) in [5, 5.41) is 0. The molecule has 0 aromatic rings. The molecule has 0 unspecified atom stereocenters. The Kier molecular flexibility index (Phi) is 29.2. The van der Waals surface area contributed by atoms with Crippen molar-refractivity contribution in [3.05, 3.63) is 6.17 Å². The van der Waals surface area contributed by atoms with E-state index in [0.29, 0.717) is 0 Å². The molecular formula is C41H79N2+. The van der Waals surface area contributed by atoms with Gasteiger partial charge in [0, 0.05) is 0 Å². The summed E-state index contributed by atoms with van der Waals surface area (Å²) < 4.78 is 0. The molecule has 0 aromatic heterocycles. The maximum absolute atomic E-state index is 4.66. The molecule has 0 saturated carbocycles. The molecule has 0 bridgehead atoms. The third-order valence-electron chi connectivity index (χ3n) is 10.2. The van der Waals surface area contributed by atoms with Crippen molar-refractivity contribution < 1.29 is 0 Å². The third kappa shape index (κ3) is 25.1. The first-order valence-corrected chi connectivity index (χ1v) is 20.2. The SMILES string of the molecule is CCCCCCCCCCCCCCCCCCC(C)(CCCCCCCCCCCCCCCCCC)[C+]1N=CC=N1. The van der Waals surface area contributed by atoms with Crippen LogP contribution in [0.3, 0.4) is 0 Å². The van der Waals surface area contributed by atoms with Gasteiger partial charge in [-0.2, -0.15) is 0 Å². The van der Waals surface area contributed by atoms with Gasteiger partial charge in [-0.3, -0.25) is 0 Å². The second kappa shape index (κ2) is 31.2. The molecule has 252 valence electrons. The van der Waals surface area contributed by atoms with Gasteiger partial charge in [0.25, 0.3) is 0 Å². The Labute approximate surface area is 272 Å². The molecule has 0 fully saturated rings. The summed E-state index contributed by atoms with van der Waals surface area (Å²) >= 11 is 0. The highest BCUT2D eigenvalue weighted by molar-refractivity contribution is 6.18. The predicted molar refractivity (Wildman–Crippen MR) is 197 cm³/mol. The van der Waals surface area contributed by atoms with Gasteiger partial charge in [-0.05, 0) is 19.8 Å². The fourth-order valence-electron chi connectivity index (χ4n) is 7.03. The van der Waals surface area contributed by atoms with Crippen LogP contribution in [0, 0.1) is 11.6 Å². The molecule has 1 heterocycles. The first-order valence-electron chi connectivity index (χ1n) is 20.2. The van der Waals surface area contributed by atoms with Gasteiger partial charge < -0.3 is 0 Å². The Bertz CT molecular complexity index is 561. The van der Waals surface area contributed by atoms with Gasteiger partial charge in [-0.25, -0.2) is 0 Å². The molecule has 1 aliphatic heterocycles. The number of unbranched alkanes of at least 4 members (excludes halogenated alkanes) is 30. The minimum absolute atomic E-state index is 0.176. The molecule has 0 amide bonds. The predicted octanol–water partition coefficient (Wildman–Crippen LogP) is 14.9. The van der Waals surface area contributed by atoms with Crippen LogP contribution >= 0.6 is 0 Å². The van der Waals surface area contributed by atoms with Crippen molar-refractivity contribution in [2.24, 2.45) is 15.4 Å². The van der Waals surface area contributed by atoms with E-state index in [0.717, 1.165) is 6.17 Å². The second-order valence-corrected chi connectivity index (χ2v) is 14.5. The second-order valence-electron chi connectivity index (χ2n) is 14.5. The van der Waals surface area contributed by atoms with Crippen molar-refractivity contribution in [2.45, 2.75) is 239 Å². The van der Waals surface area contributed by atoms with Gasteiger partial charge in [0.1, 0.15) is 0 Å². The Morgan fingerprint density at radius 2 is 0.558 bits per heavy atom. The molecule has 2 heteroatoms. The van der Waals surface area contributed by atoms with Crippen molar-refractivity contribution in [1.82, 2.24) is 0 Å². The van der Waals surface area contributed by atoms with Crippen LogP contribution in [-0.2, 0) is 0 Å². The normalized spacial score (nSPS) is 13.1. The highest BCUT2D eigenvalue weighted by Gasteiger charge is 2.40. The quantitative estimate of drug-likeness (QED) is 0.0511. The van der Waals surface area contributed by atoms with E-state index in [1.807, 2.05) is 12.4 Å². The number of rotatable bonds is 35. The number of aliphatic imine (C=N–C) groups is 2. The molecule has 2 nitrogen and oxygen atoms in total. The average molecular weight is 600 g/mol. The van der Waals surface area contributed by atoms with Gasteiger partial charge in [0.05, 0.1) is 5.41 Å². The summed E-state index contributed by atoms with van der Waals surface area (Å²) in [6.07, 6.45) is 53.4. The Morgan fingerprint density at radius 1 is 0.349 bits per heavy atom. The van der Waals surface area contributed by atoms with Crippen LogP contribution < -0.4 is 0 Å². The largest absolute Gasteiger partial charge is 0.246 e. The molecule has 0 atom stereocenters. The summed E-state index contributed by atoms with van der Waals surface area (Å²) in [4.78, 5) is 9.32. The first kappa shape index (κ1) is 40.2. The molecule has 0 aromatic carbocycles. The summed E-state index contributed by atoms with van der Waals surface area (Å²) in [5.74, 6) is 0. The molecule has 43 heavy (non-hydrogen) atoms. The van der Waals surface area contributed by atoms with Gasteiger partial charge in [-0.15, -0.1) is 0 Å². The topological polar surface area (TPSA) is 24.7 Å². The average Bonchev–Trinajstić information content (AvgIpc) is 3.57. The van der Waals surface area contributed by atoms with Gasteiger partial charge >= 0.3 is 0 Å².